The Kier molecular flexibility index (Phi) is 6.05. The van der Waals surface area contributed by atoms with Gasteiger partial charge in [0.2, 0.25) is 0 Å². The SMILES string of the molecule is Fc1cc(Br)cc(OCCOCCS)c1. The highest BCUT2D eigenvalue weighted by Gasteiger charge is 1.99. The molecule has 5 heteroatoms. The lowest BCUT2D eigenvalue weighted by Gasteiger charge is -2.06. The average molecular weight is 295 g/mol. The predicted molar refractivity (Wildman–Crippen MR) is 64.3 cm³/mol. The van der Waals surface area contributed by atoms with Crippen LogP contribution in [0.4, 0.5) is 4.39 Å². The second-order valence-electron chi connectivity index (χ2n) is 2.79. The summed E-state index contributed by atoms with van der Waals surface area (Å²) in [7, 11) is 0. The molecule has 0 bridgehead atoms. The number of rotatable bonds is 6. The Hall–Kier alpha value is -0.260. The van der Waals surface area contributed by atoms with Crippen LogP contribution in [-0.2, 0) is 4.74 Å². The van der Waals surface area contributed by atoms with Crippen molar-refractivity contribution in [3.05, 3.63) is 28.5 Å². The van der Waals surface area contributed by atoms with E-state index in [0.717, 1.165) is 0 Å². The Morgan fingerprint density at radius 3 is 2.67 bits per heavy atom. The molecule has 1 aromatic rings. The molecule has 0 N–H and O–H groups in total. The summed E-state index contributed by atoms with van der Waals surface area (Å²) >= 11 is 7.18. The predicted octanol–water partition coefficient (Wildman–Crippen LogP) is 2.91. The van der Waals surface area contributed by atoms with Crippen LogP contribution in [0.5, 0.6) is 5.75 Å². The molecule has 0 saturated carbocycles. The number of thiol groups is 1. The van der Waals surface area contributed by atoms with Gasteiger partial charge in [-0.25, -0.2) is 4.39 Å². The van der Waals surface area contributed by atoms with Crippen LogP contribution in [0.25, 0.3) is 0 Å². The summed E-state index contributed by atoms with van der Waals surface area (Å²) in [4.78, 5) is 0. The lowest BCUT2D eigenvalue weighted by atomic mass is 10.3. The first-order chi connectivity index (χ1) is 7.22. The van der Waals surface area contributed by atoms with E-state index in [1.807, 2.05) is 0 Å². The number of hydrogen-bond donors (Lipinski definition) is 1. The Balaban J connectivity index is 2.31. The zero-order chi connectivity index (χ0) is 11.1. The van der Waals surface area contributed by atoms with Gasteiger partial charge < -0.3 is 9.47 Å². The Bertz CT molecular complexity index is 289. The first-order valence-corrected chi connectivity index (χ1v) is 5.92. The Morgan fingerprint density at radius 2 is 2.00 bits per heavy atom. The molecule has 0 fully saturated rings. The molecule has 0 aliphatic heterocycles. The van der Waals surface area contributed by atoms with Crippen molar-refractivity contribution >= 4 is 28.6 Å². The molecule has 1 aromatic carbocycles. The molecule has 0 spiro atoms. The first-order valence-electron chi connectivity index (χ1n) is 4.50. The van der Waals surface area contributed by atoms with Gasteiger partial charge in [0.15, 0.2) is 0 Å². The summed E-state index contributed by atoms with van der Waals surface area (Å²) in [6.07, 6.45) is 0. The number of ether oxygens (including phenoxy) is 2. The van der Waals surface area contributed by atoms with Gasteiger partial charge in [0, 0.05) is 16.3 Å². The summed E-state index contributed by atoms with van der Waals surface area (Å²) in [5, 5.41) is 0. The van der Waals surface area contributed by atoms with E-state index in [1.165, 1.54) is 12.1 Å². The fourth-order valence-corrected chi connectivity index (χ4v) is 1.57. The maximum atomic E-state index is 12.9. The van der Waals surface area contributed by atoms with Gasteiger partial charge in [-0.1, -0.05) is 15.9 Å². The summed E-state index contributed by atoms with van der Waals surface area (Å²) in [6, 6.07) is 4.43. The van der Waals surface area contributed by atoms with Crippen LogP contribution in [0.15, 0.2) is 22.7 Å². The molecule has 0 amide bonds. The van der Waals surface area contributed by atoms with E-state index < -0.39 is 0 Å². The Morgan fingerprint density at radius 1 is 1.20 bits per heavy atom. The van der Waals surface area contributed by atoms with Crippen molar-refractivity contribution in [1.82, 2.24) is 0 Å². The lowest BCUT2D eigenvalue weighted by molar-refractivity contribution is 0.112. The maximum Gasteiger partial charge on any atom is 0.128 e. The largest absolute Gasteiger partial charge is 0.491 e. The van der Waals surface area contributed by atoms with Crippen LogP contribution in [0.1, 0.15) is 0 Å². The van der Waals surface area contributed by atoms with Crippen LogP contribution in [0.2, 0.25) is 0 Å². The van der Waals surface area contributed by atoms with Crippen LogP contribution in [0, 0.1) is 5.82 Å². The number of benzene rings is 1. The van der Waals surface area contributed by atoms with Crippen molar-refractivity contribution < 1.29 is 13.9 Å². The third kappa shape index (κ3) is 5.39. The van der Waals surface area contributed by atoms with Crippen molar-refractivity contribution in [3.8, 4) is 5.75 Å². The molecular formula is C10H12BrFO2S. The minimum Gasteiger partial charge on any atom is -0.491 e. The standard InChI is InChI=1S/C10H12BrFO2S/c11-8-5-9(12)7-10(6-8)14-2-1-13-3-4-15/h5-7,15H,1-4H2. The third-order valence-corrected chi connectivity index (χ3v) is 2.21. The van der Waals surface area contributed by atoms with Crippen molar-refractivity contribution in [2.24, 2.45) is 0 Å². The van der Waals surface area contributed by atoms with Crippen molar-refractivity contribution in [3.63, 3.8) is 0 Å². The summed E-state index contributed by atoms with van der Waals surface area (Å²) in [6.45, 7) is 1.48. The van der Waals surface area contributed by atoms with Crippen LogP contribution >= 0.6 is 28.6 Å². The van der Waals surface area contributed by atoms with Gasteiger partial charge in [-0.3, -0.25) is 0 Å². The van der Waals surface area contributed by atoms with E-state index >= 15 is 0 Å². The summed E-state index contributed by atoms with van der Waals surface area (Å²) in [5.41, 5.74) is 0. The second kappa shape index (κ2) is 7.09. The quantitative estimate of drug-likeness (QED) is 0.642. The van der Waals surface area contributed by atoms with E-state index in [4.69, 9.17) is 9.47 Å². The monoisotopic (exact) mass is 294 g/mol. The van der Waals surface area contributed by atoms with Crippen LogP contribution < -0.4 is 4.74 Å². The molecule has 0 saturated heterocycles. The molecule has 1 rings (SSSR count). The fraction of sp³-hybridized carbons (Fsp3) is 0.400. The highest BCUT2D eigenvalue weighted by molar-refractivity contribution is 9.10. The average Bonchev–Trinajstić information content (AvgIpc) is 2.16. The van der Waals surface area contributed by atoms with Gasteiger partial charge in [-0.2, -0.15) is 12.6 Å². The molecule has 0 heterocycles. The number of halogens is 2. The molecule has 84 valence electrons. The smallest absolute Gasteiger partial charge is 0.128 e. The zero-order valence-electron chi connectivity index (χ0n) is 8.08. The van der Waals surface area contributed by atoms with Gasteiger partial charge in [-0.15, -0.1) is 0 Å². The van der Waals surface area contributed by atoms with Crippen molar-refractivity contribution in [1.29, 1.82) is 0 Å². The molecule has 0 atom stereocenters. The zero-order valence-corrected chi connectivity index (χ0v) is 10.6. The highest BCUT2D eigenvalue weighted by atomic mass is 79.9. The normalized spacial score (nSPS) is 10.3. The van der Waals surface area contributed by atoms with Gasteiger partial charge >= 0.3 is 0 Å². The lowest BCUT2D eigenvalue weighted by Crippen LogP contribution is -2.08. The molecule has 15 heavy (non-hydrogen) atoms. The van der Waals surface area contributed by atoms with Gasteiger partial charge in [0.05, 0.1) is 13.2 Å². The molecular weight excluding hydrogens is 283 g/mol. The molecule has 0 aliphatic rings. The van der Waals surface area contributed by atoms with Crippen molar-refractivity contribution in [2.45, 2.75) is 0 Å². The molecule has 0 unspecified atom stereocenters. The highest BCUT2D eigenvalue weighted by Crippen LogP contribution is 2.20. The van der Waals surface area contributed by atoms with E-state index in [-0.39, 0.29) is 5.82 Å². The molecule has 0 aliphatic carbocycles. The van der Waals surface area contributed by atoms with Gasteiger partial charge in [-0.05, 0) is 12.1 Å². The van der Waals surface area contributed by atoms with Crippen LogP contribution in [0.3, 0.4) is 0 Å². The first kappa shape index (κ1) is 12.8. The van der Waals surface area contributed by atoms with E-state index in [0.29, 0.717) is 35.8 Å². The third-order valence-electron chi connectivity index (χ3n) is 1.57. The minimum absolute atomic E-state index is 0.323. The molecule has 0 aromatic heterocycles. The fourth-order valence-electron chi connectivity index (χ4n) is 0.997. The van der Waals surface area contributed by atoms with E-state index in [2.05, 4.69) is 28.6 Å². The topological polar surface area (TPSA) is 18.5 Å². The summed E-state index contributed by atoms with van der Waals surface area (Å²) < 4.78 is 24.0. The molecule has 2 nitrogen and oxygen atoms in total. The van der Waals surface area contributed by atoms with E-state index in [1.54, 1.807) is 6.07 Å². The van der Waals surface area contributed by atoms with Crippen LogP contribution in [-0.4, -0.2) is 25.6 Å². The maximum absolute atomic E-state index is 12.9. The molecule has 0 radical (unpaired) electrons. The van der Waals surface area contributed by atoms with Gasteiger partial charge in [0.1, 0.15) is 18.2 Å². The second-order valence-corrected chi connectivity index (χ2v) is 4.15. The number of hydrogen-bond acceptors (Lipinski definition) is 3. The Labute approximate surface area is 102 Å². The van der Waals surface area contributed by atoms with Gasteiger partial charge in [0.25, 0.3) is 0 Å². The minimum atomic E-state index is -0.323. The van der Waals surface area contributed by atoms with Crippen molar-refractivity contribution in [2.75, 3.05) is 25.6 Å². The van der Waals surface area contributed by atoms with E-state index in [9.17, 15) is 4.39 Å². The summed E-state index contributed by atoms with van der Waals surface area (Å²) in [5.74, 6) is 0.859.